The molecule has 1 heterocycles. The molecule has 0 aliphatic heterocycles. The summed E-state index contributed by atoms with van der Waals surface area (Å²) < 4.78 is 26.0. The van der Waals surface area contributed by atoms with Crippen LogP contribution in [-0.4, -0.2) is 61.8 Å². The number of carboxylic acids is 1. The second-order valence-corrected chi connectivity index (χ2v) is 7.80. The van der Waals surface area contributed by atoms with E-state index in [1.807, 2.05) is 0 Å². The number of amides is 1. The summed E-state index contributed by atoms with van der Waals surface area (Å²) >= 11 is 0.684. The SMILES string of the molecule is CCCN(CC(=O)N(C)C)S(=O)(=O)c1ccc(C(=O)O)s1. The van der Waals surface area contributed by atoms with E-state index >= 15 is 0 Å². The van der Waals surface area contributed by atoms with E-state index in [4.69, 9.17) is 5.11 Å². The first kappa shape index (κ1) is 17.6. The number of aromatic carboxylic acids is 1. The molecule has 1 amide bonds. The summed E-state index contributed by atoms with van der Waals surface area (Å²) in [5.41, 5.74) is 0. The minimum Gasteiger partial charge on any atom is -0.477 e. The molecule has 0 aromatic carbocycles. The minimum absolute atomic E-state index is 0.0519. The molecule has 0 spiro atoms. The van der Waals surface area contributed by atoms with Crippen LogP contribution in [0.4, 0.5) is 0 Å². The van der Waals surface area contributed by atoms with Gasteiger partial charge in [-0.1, -0.05) is 6.92 Å². The first-order chi connectivity index (χ1) is 9.70. The Bertz CT molecular complexity index is 621. The molecule has 0 aliphatic carbocycles. The Morgan fingerprint density at radius 3 is 2.33 bits per heavy atom. The number of hydrogen-bond acceptors (Lipinski definition) is 5. The number of thiophene rings is 1. The number of likely N-dealkylation sites (N-methyl/N-ethyl adjacent to an activating group) is 1. The normalized spacial score (nSPS) is 11.6. The van der Waals surface area contributed by atoms with Gasteiger partial charge in [0.2, 0.25) is 5.91 Å². The smallest absolute Gasteiger partial charge is 0.345 e. The van der Waals surface area contributed by atoms with E-state index in [2.05, 4.69) is 0 Å². The molecule has 0 aliphatic rings. The molecule has 0 saturated carbocycles. The number of carboxylic acid groups (broad SMARTS) is 1. The van der Waals surface area contributed by atoms with Gasteiger partial charge in [0.25, 0.3) is 10.0 Å². The third kappa shape index (κ3) is 4.26. The molecule has 1 aromatic rings. The second kappa shape index (κ2) is 7.01. The van der Waals surface area contributed by atoms with Crippen molar-refractivity contribution in [3.8, 4) is 0 Å². The minimum atomic E-state index is -3.86. The van der Waals surface area contributed by atoms with Gasteiger partial charge in [-0.3, -0.25) is 4.79 Å². The predicted octanol–water partition coefficient (Wildman–Crippen LogP) is 0.935. The molecular weight excluding hydrogens is 316 g/mol. The van der Waals surface area contributed by atoms with Crippen molar-refractivity contribution in [2.75, 3.05) is 27.2 Å². The summed E-state index contributed by atoms with van der Waals surface area (Å²) in [5.74, 6) is -1.50. The summed E-state index contributed by atoms with van der Waals surface area (Å²) in [7, 11) is -0.767. The van der Waals surface area contributed by atoms with Crippen molar-refractivity contribution < 1.29 is 23.1 Å². The van der Waals surface area contributed by atoms with E-state index in [0.717, 1.165) is 4.31 Å². The standard InChI is InChI=1S/C12H18N2O5S2/c1-4-7-14(8-10(15)13(2)3)21(18,19)11-6-5-9(20-11)12(16)17/h5-6H,4,7-8H2,1-3H3,(H,16,17). The van der Waals surface area contributed by atoms with Crippen molar-refractivity contribution in [3.05, 3.63) is 17.0 Å². The molecule has 0 saturated heterocycles. The van der Waals surface area contributed by atoms with Gasteiger partial charge < -0.3 is 10.0 Å². The molecular formula is C12H18N2O5S2. The molecule has 0 bridgehead atoms. The van der Waals surface area contributed by atoms with Gasteiger partial charge in [0.1, 0.15) is 9.09 Å². The van der Waals surface area contributed by atoms with Crippen LogP contribution in [0.3, 0.4) is 0 Å². The third-order valence-corrected chi connectivity index (χ3v) is 6.06. The zero-order valence-corrected chi connectivity index (χ0v) is 13.7. The molecule has 0 fully saturated rings. The molecule has 0 unspecified atom stereocenters. The summed E-state index contributed by atoms with van der Waals surface area (Å²) in [4.78, 5) is 23.9. The Morgan fingerprint density at radius 1 is 1.29 bits per heavy atom. The Kier molecular flexibility index (Phi) is 5.87. The lowest BCUT2D eigenvalue weighted by Gasteiger charge is -2.22. The van der Waals surface area contributed by atoms with Crippen molar-refractivity contribution in [3.63, 3.8) is 0 Å². The summed E-state index contributed by atoms with van der Waals surface area (Å²) in [5, 5.41) is 8.87. The first-order valence-corrected chi connectivity index (χ1v) is 8.49. The zero-order valence-electron chi connectivity index (χ0n) is 12.1. The molecule has 1 rings (SSSR count). The van der Waals surface area contributed by atoms with Crippen LogP contribution in [0.15, 0.2) is 16.3 Å². The fourth-order valence-corrected chi connectivity index (χ4v) is 4.31. The fraction of sp³-hybridized carbons (Fsp3) is 0.500. The van der Waals surface area contributed by atoms with Crippen LogP contribution in [0.2, 0.25) is 0 Å². The van der Waals surface area contributed by atoms with Crippen LogP contribution in [0, 0.1) is 0 Å². The van der Waals surface area contributed by atoms with Crippen molar-refractivity contribution in [2.45, 2.75) is 17.6 Å². The molecule has 7 nitrogen and oxygen atoms in total. The topological polar surface area (TPSA) is 95.0 Å². The van der Waals surface area contributed by atoms with Gasteiger partial charge in [0.15, 0.2) is 0 Å². The highest BCUT2D eigenvalue weighted by atomic mass is 32.2. The maximum Gasteiger partial charge on any atom is 0.345 e. The Hall–Kier alpha value is -1.45. The van der Waals surface area contributed by atoms with Crippen LogP contribution in [0.5, 0.6) is 0 Å². The van der Waals surface area contributed by atoms with Crippen molar-refractivity contribution in [2.24, 2.45) is 0 Å². The lowest BCUT2D eigenvalue weighted by molar-refractivity contribution is -0.128. The van der Waals surface area contributed by atoms with Gasteiger partial charge in [-0.2, -0.15) is 4.31 Å². The van der Waals surface area contributed by atoms with Gasteiger partial charge in [0.05, 0.1) is 6.54 Å². The van der Waals surface area contributed by atoms with E-state index in [9.17, 15) is 18.0 Å². The largest absolute Gasteiger partial charge is 0.477 e. The van der Waals surface area contributed by atoms with Crippen molar-refractivity contribution >= 4 is 33.2 Å². The quantitative estimate of drug-likeness (QED) is 0.800. The van der Waals surface area contributed by atoms with E-state index in [1.54, 1.807) is 21.0 Å². The Labute approximate surface area is 127 Å². The third-order valence-electron chi connectivity index (χ3n) is 2.67. The number of carbonyl (C=O) groups is 2. The molecule has 1 N–H and O–H groups in total. The van der Waals surface area contributed by atoms with E-state index in [-0.39, 0.29) is 28.1 Å². The average Bonchev–Trinajstić information content (AvgIpc) is 2.88. The highest BCUT2D eigenvalue weighted by Gasteiger charge is 2.28. The molecule has 21 heavy (non-hydrogen) atoms. The predicted molar refractivity (Wildman–Crippen MR) is 79.0 cm³/mol. The van der Waals surface area contributed by atoms with E-state index < -0.39 is 16.0 Å². The highest BCUT2D eigenvalue weighted by molar-refractivity contribution is 7.91. The van der Waals surface area contributed by atoms with Gasteiger partial charge in [-0.15, -0.1) is 11.3 Å². The molecule has 0 atom stereocenters. The maximum atomic E-state index is 12.5. The number of nitrogens with zero attached hydrogens (tertiary/aromatic N) is 2. The summed E-state index contributed by atoms with van der Waals surface area (Å²) in [6, 6.07) is 2.50. The molecule has 0 radical (unpaired) electrons. The zero-order chi connectivity index (χ0) is 16.2. The van der Waals surface area contributed by atoms with Gasteiger partial charge in [-0.05, 0) is 18.6 Å². The summed E-state index contributed by atoms with van der Waals surface area (Å²) in [6.45, 7) is 1.74. The molecule has 1 aromatic heterocycles. The number of carbonyl (C=O) groups excluding carboxylic acids is 1. The van der Waals surface area contributed by atoms with Crippen LogP contribution >= 0.6 is 11.3 Å². The van der Waals surface area contributed by atoms with Gasteiger partial charge in [0, 0.05) is 20.6 Å². The maximum absolute atomic E-state index is 12.5. The van der Waals surface area contributed by atoms with Crippen molar-refractivity contribution in [1.82, 2.24) is 9.21 Å². The molecule has 118 valence electrons. The number of sulfonamides is 1. The van der Waals surface area contributed by atoms with Gasteiger partial charge in [-0.25, -0.2) is 13.2 Å². The highest BCUT2D eigenvalue weighted by Crippen LogP contribution is 2.25. The lowest BCUT2D eigenvalue weighted by Crippen LogP contribution is -2.40. The van der Waals surface area contributed by atoms with Gasteiger partial charge >= 0.3 is 5.97 Å². The lowest BCUT2D eigenvalue weighted by atomic mass is 10.4. The van der Waals surface area contributed by atoms with Crippen molar-refractivity contribution in [1.29, 1.82) is 0 Å². The van der Waals surface area contributed by atoms with Crippen LogP contribution in [-0.2, 0) is 14.8 Å². The monoisotopic (exact) mass is 334 g/mol. The average molecular weight is 334 g/mol. The van der Waals surface area contributed by atoms with E-state index in [1.165, 1.54) is 17.0 Å². The van der Waals surface area contributed by atoms with Crippen LogP contribution < -0.4 is 0 Å². The Morgan fingerprint density at radius 2 is 1.90 bits per heavy atom. The second-order valence-electron chi connectivity index (χ2n) is 4.55. The van der Waals surface area contributed by atoms with Crippen LogP contribution in [0.25, 0.3) is 0 Å². The molecule has 9 heteroatoms. The van der Waals surface area contributed by atoms with E-state index in [0.29, 0.717) is 17.8 Å². The first-order valence-electron chi connectivity index (χ1n) is 6.23. The Balaban J connectivity index is 3.08. The number of hydrogen-bond donors (Lipinski definition) is 1. The number of rotatable bonds is 7. The fourth-order valence-electron chi connectivity index (χ4n) is 1.53. The van der Waals surface area contributed by atoms with Crippen LogP contribution in [0.1, 0.15) is 23.0 Å². The summed E-state index contributed by atoms with van der Waals surface area (Å²) in [6.07, 6.45) is 0.553.